The van der Waals surface area contributed by atoms with E-state index in [4.69, 9.17) is 0 Å². The van der Waals surface area contributed by atoms with Gasteiger partial charge in [-0.2, -0.15) is 0 Å². The average Bonchev–Trinajstić information content (AvgIpc) is 2.66. The fourth-order valence-corrected chi connectivity index (χ4v) is 2.71. The van der Waals surface area contributed by atoms with Crippen LogP contribution in [0.25, 0.3) is 11.4 Å². The van der Waals surface area contributed by atoms with E-state index in [1.807, 2.05) is 61.5 Å². The van der Waals surface area contributed by atoms with Crippen molar-refractivity contribution in [3.8, 4) is 11.4 Å². The Kier molecular flexibility index (Phi) is 5.73. The average molecular weight is 374 g/mol. The van der Waals surface area contributed by atoms with Crippen LogP contribution in [0.15, 0.2) is 60.7 Å². The molecule has 0 unspecified atom stereocenters. The first-order valence-corrected chi connectivity index (χ1v) is 9.37. The molecule has 1 aromatic heterocycles. The predicted molar refractivity (Wildman–Crippen MR) is 113 cm³/mol. The van der Waals surface area contributed by atoms with Crippen LogP contribution in [0.2, 0.25) is 0 Å². The Hall–Kier alpha value is -3.21. The Balaban J connectivity index is 1.86. The molecule has 0 spiro atoms. The lowest BCUT2D eigenvalue weighted by Gasteiger charge is -2.22. The van der Waals surface area contributed by atoms with Gasteiger partial charge in [-0.1, -0.05) is 60.2 Å². The lowest BCUT2D eigenvalue weighted by atomic mass is 10.1. The van der Waals surface area contributed by atoms with Gasteiger partial charge in [0.05, 0.1) is 0 Å². The second-order valence-electron chi connectivity index (χ2n) is 7.87. The molecule has 3 rings (SSSR count). The van der Waals surface area contributed by atoms with Gasteiger partial charge in [-0.15, -0.1) is 0 Å². The van der Waals surface area contributed by atoms with Crippen molar-refractivity contribution in [2.45, 2.75) is 39.8 Å². The molecule has 0 fully saturated rings. The first-order chi connectivity index (χ1) is 13.3. The summed E-state index contributed by atoms with van der Waals surface area (Å²) >= 11 is 0. The number of aromatic nitrogens is 2. The SMILES string of the molecule is Cc1ccc(CNC(=O)c2cc(NC(C)(C)C)nc(-c3ccccc3)n2)cc1. The molecule has 5 heteroatoms. The number of aryl methyl sites for hydroxylation is 1. The fourth-order valence-electron chi connectivity index (χ4n) is 2.71. The van der Waals surface area contributed by atoms with Gasteiger partial charge in [-0.25, -0.2) is 9.97 Å². The molecule has 28 heavy (non-hydrogen) atoms. The molecule has 3 aromatic rings. The first kappa shape index (κ1) is 19.5. The van der Waals surface area contributed by atoms with Crippen LogP contribution < -0.4 is 10.6 Å². The molecule has 0 bridgehead atoms. The monoisotopic (exact) mass is 374 g/mol. The summed E-state index contributed by atoms with van der Waals surface area (Å²) in [5, 5.41) is 6.28. The number of rotatable bonds is 5. The summed E-state index contributed by atoms with van der Waals surface area (Å²) in [7, 11) is 0. The minimum absolute atomic E-state index is 0.183. The number of hydrogen-bond acceptors (Lipinski definition) is 4. The van der Waals surface area contributed by atoms with Crippen LogP contribution in [-0.2, 0) is 6.54 Å². The molecular formula is C23H26N4O. The van der Waals surface area contributed by atoms with E-state index in [0.717, 1.165) is 11.1 Å². The van der Waals surface area contributed by atoms with Crippen molar-refractivity contribution in [2.24, 2.45) is 0 Å². The van der Waals surface area contributed by atoms with Crippen molar-refractivity contribution in [1.29, 1.82) is 0 Å². The van der Waals surface area contributed by atoms with Crippen molar-refractivity contribution in [3.05, 3.63) is 77.5 Å². The van der Waals surface area contributed by atoms with Crippen molar-refractivity contribution in [3.63, 3.8) is 0 Å². The Morgan fingerprint density at radius 2 is 1.64 bits per heavy atom. The third-order valence-corrected chi connectivity index (χ3v) is 4.07. The number of nitrogens with one attached hydrogen (secondary N) is 2. The predicted octanol–water partition coefficient (Wildman–Crippen LogP) is 4.59. The maximum Gasteiger partial charge on any atom is 0.270 e. The van der Waals surface area contributed by atoms with Gasteiger partial charge < -0.3 is 10.6 Å². The van der Waals surface area contributed by atoms with E-state index in [2.05, 4.69) is 41.4 Å². The zero-order valence-electron chi connectivity index (χ0n) is 16.8. The molecule has 2 aromatic carbocycles. The molecule has 5 nitrogen and oxygen atoms in total. The van der Waals surface area contributed by atoms with Gasteiger partial charge in [0.15, 0.2) is 5.82 Å². The fraction of sp³-hybridized carbons (Fsp3) is 0.261. The van der Waals surface area contributed by atoms with E-state index < -0.39 is 0 Å². The topological polar surface area (TPSA) is 66.9 Å². The zero-order valence-corrected chi connectivity index (χ0v) is 16.8. The maximum absolute atomic E-state index is 12.8. The quantitative estimate of drug-likeness (QED) is 0.685. The summed E-state index contributed by atoms with van der Waals surface area (Å²) < 4.78 is 0. The smallest absolute Gasteiger partial charge is 0.270 e. The van der Waals surface area contributed by atoms with E-state index in [9.17, 15) is 4.79 Å². The highest BCUT2D eigenvalue weighted by molar-refractivity contribution is 5.93. The highest BCUT2D eigenvalue weighted by Gasteiger charge is 2.16. The normalized spacial score (nSPS) is 11.1. The van der Waals surface area contributed by atoms with Gasteiger partial charge in [0.25, 0.3) is 5.91 Å². The number of amides is 1. The van der Waals surface area contributed by atoms with Crippen molar-refractivity contribution >= 4 is 11.7 Å². The highest BCUT2D eigenvalue weighted by Crippen LogP contribution is 2.20. The number of carbonyl (C=O) groups is 1. The first-order valence-electron chi connectivity index (χ1n) is 9.37. The summed E-state index contributed by atoms with van der Waals surface area (Å²) in [6, 6.07) is 19.5. The van der Waals surface area contributed by atoms with Crippen LogP contribution in [0.1, 0.15) is 42.4 Å². The van der Waals surface area contributed by atoms with Crippen molar-refractivity contribution in [1.82, 2.24) is 15.3 Å². The Bertz CT molecular complexity index is 945. The van der Waals surface area contributed by atoms with Gasteiger partial charge in [-0.3, -0.25) is 4.79 Å². The van der Waals surface area contributed by atoms with Gasteiger partial charge in [0, 0.05) is 23.7 Å². The van der Waals surface area contributed by atoms with Crippen LogP contribution in [0.3, 0.4) is 0 Å². The Labute approximate surface area is 166 Å². The van der Waals surface area contributed by atoms with Crippen LogP contribution in [0.4, 0.5) is 5.82 Å². The molecule has 0 atom stereocenters. The summed E-state index contributed by atoms with van der Waals surface area (Å²) in [6.07, 6.45) is 0. The highest BCUT2D eigenvalue weighted by atomic mass is 16.1. The van der Waals surface area contributed by atoms with Gasteiger partial charge in [0.1, 0.15) is 11.5 Å². The van der Waals surface area contributed by atoms with Gasteiger partial charge >= 0.3 is 0 Å². The second kappa shape index (κ2) is 8.21. The Morgan fingerprint density at radius 1 is 0.964 bits per heavy atom. The maximum atomic E-state index is 12.8. The molecule has 0 radical (unpaired) electrons. The van der Waals surface area contributed by atoms with Crippen LogP contribution in [0.5, 0.6) is 0 Å². The van der Waals surface area contributed by atoms with E-state index in [0.29, 0.717) is 23.9 Å². The molecule has 144 valence electrons. The number of benzene rings is 2. The third-order valence-electron chi connectivity index (χ3n) is 4.07. The molecule has 0 saturated heterocycles. The van der Waals surface area contributed by atoms with E-state index in [1.165, 1.54) is 5.56 Å². The number of anilines is 1. The Morgan fingerprint density at radius 3 is 2.29 bits per heavy atom. The lowest BCUT2D eigenvalue weighted by molar-refractivity contribution is 0.0946. The van der Waals surface area contributed by atoms with Crippen molar-refractivity contribution in [2.75, 3.05) is 5.32 Å². The van der Waals surface area contributed by atoms with Crippen LogP contribution >= 0.6 is 0 Å². The second-order valence-corrected chi connectivity index (χ2v) is 7.87. The summed E-state index contributed by atoms with van der Waals surface area (Å²) in [4.78, 5) is 21.9. The van der Waals surface area contributed by atoms with E-state index in [-0.39, 0.29) is 11.4 Å². The molecule has 0 aliphatic carbocycles. The van der Waals surface area contributed by atoms with Crippen molar-refractivity contribution < 1.29 is 4.79 Å². The van der Waals surface area contributed by atoms with E-state index >= 15 is 0 Å². The zero-order chi connectivity index (χ0) is 20.1. The standard InChI is InChI=1S/C23H26N4O/c1-16-10-12-17(13-11-16)15-24-22(28)19-14-20(27-23(2,3)4)26-21(25-19)18-8-6-5-7-9-18/h5-14H,15H2,1-4H3,(H,24,28)(H,25,26,27). The number of carbonyl (C=O) groups excluding carboxylic acids is 1. The summed E-state index contributed by atoms with van der Waals surface area (Å²) in [5.41, 5.74) is 3.26. The van der Waals surface area contributed by atoms with E-state index in [1.54, 1.807) is 6.07 Å². The number of nitrogens with zero attached hydrogens (tertiary/aromatic N) is 2. The third kappa shape index (κ3) is 5.39. The number of hydrogen-bond donors (Lipinski definition) is 2. The summed E-state index contributed by atoms with van der Waals surface area (Å²) in [6.45, 7) is 8.64. The van der Waals surface area contributed by atoms with Crippen LogP contribution in [-0.4, -0.2) is 21.4 Å². The molecule has 2 N–H and O–H groups in total. The molecule has 0 aliphatic rings. The lowest BCUT2D eigenvalue weighted by Crippen LogP contribution is -2.28. The summed E-state index contributed by atoms with van der Waals surface area (Å²) in [5.74, 6) is 0.925. The largest absolute Gasteiger partial charge is 0.365 e. The van der Waals surface area contributed by atoms with Gasteiger partial charge in [-0.05, 0) is 33.3 Å². The minimum Gasteiger partial charge on any atom is -0.365 e. The molecule has 0 saturated carbocycles. The molecule has 1 amide bonds. The van der Waals surface area contributed by atoms with Gasteiger partial charge in [0.2, 0.25) is 0 Å². The van der Waals surface area contributed by atoms with Crippen LogP contribution in [0, 0.1) is 6.92 Å². The molecule has 0 aliphatic heterocycles. The minimum atomic E-state index is -0.225. The molecular weight excluding hydrogens is 348 g/mol. The molecule has 1 heterocycles.